The lowest BCUT2D eigenvalue weighted by Gasteiger charge is -2.05. The zero-order valence-electron chi connectivity index (χ0n) is 11.1. The molecule has 2 aromatic rings. The van der Waals surface area contributed by atoms with Crippen LogP contribution in [0.1, 0.15) is 31.4 Å². The van der Waals surface area contributed by atoms with Crippen molar-refractivity contribution in [3.8, 4) is 5.75 Å². The number of benzene rings is 1. The van der Waals surface area contributed by atoms with E-state index in [1.165, 1.54) is 0 Å². The van der Waals surface area contributed by atoms with Gasteiger partial charge in [0, 0.05) is 6.61 Å². The second-order valence-electron chi connectivity index (χ2n) is 4.54. The van der Waals surface area contributed by atoms with E-state index in [1.54, 1.807) is 0 Å². The second kappa shape index (κ2) is 7.16. The number of para-hydroxylation sites is 1. The SMILES string of the molecule is NCc1oc2ccccc2c1OCCCCCCO. The Balaban J connectivity index is 1.95. The Morgan fingerprint density at radius 2 is 1.89 bits per heavy atom. The van der Waals surface area contributed by atoms with Crippen LogP contribution in [0.25, 0.3) is 11.0 Å². The monoisotopic (exact) mass is 263 g/mol. The quantitative estimate of drug-likeness (QED) is 0.719. The molecule has 0 aliphatic heterocycles. The molecule has 2 rings (SSSR count). The molecule has 0 unspecified atom stereocenters. The van der Waals surface area contributed by atoms with Gasteiger partial charge >= 0.3 is 0 Å². The molecule has 0 aliphatic carbocycles. The lowest BCUT2D eigenvalue weighted by molar-refractivity contribution is 0.272. The van der Waals surface area contributed by atoms with Crippen LogP contribution in [0, 0.1) is 0 Å². The van der Waals surface area contributed by atoms with E-state index in [9.17, 15) is 0 Å². The maximum atomic E-state index is 8.70. The summed E-state index contributed by atoms with van der Waals surface area (Å²) >= 11 is 0. The highest BCUT2D eigenvalue weighted by molar-refractivity contribution is 5.85. The Kier molecular flexibility index (Phi) is 5.24. The number of ether oxygens (including phenoxy) is 1. The molecule has 4 heteroatoms. The fraction of sp³-hybridized carbons (Fsp3) is 0.467. The van der Waals surface area contributed by atoms with E-state index in [-0.39, 0.29) is 6.61 Å². The van der Waals surface area contributed by atoms with Crippen LogP contribution < -0.4 is 10.5 Å². The average Bonchev–Trinajstić information content (AvgIpc) is 2.81. The normalized spacial score (nSPS) is 11.1. The summed E-state index contributed by atoms with van der Waals surface area (Å²) in [5, 5.41) is 9.69. The first-order chi connectivity index (χ1) is 9.36. The van der Waals surface area contributed by atoms with Crippen LogP contribution in [-0.4, -0.2) is 18.3 Å². The van der Waals surface area contributed by atoms with E-state index in [2.05, 4.69) is 0 Å². The van der Waals surface area contributed by atoms with Crippen molar-refractivity contribution >= 4 is 11.0 Å². The van der Waals surface area contributed by atoms with Gasteiger partial charge in [0.25, 0.3) is 0 Å². The van der Waals surface area contributed by atoms with Crippen molar-refractivity contribution < 1.29 is 14.3 Å². The van der Waals surface area contributed by atoms with Crippen molar-refractivity contribution in [3.63, 3.8) is 0 Å². The first kappa shape index (κ1) is 13.9. The molecule has 0 radical (unpaired) electrons. The van der Waals surface area contributed by atoms with Crippen LogP contribution in [-0.2, 0) is 6.54 Å². The predicted molar refractivity (Wildman–Crippen MR) is 75.2 cm³/mol. The third-order valence-electron chi connectivity index (χ3n) is 3.10. The molecule has 0 saturated carbocycles. The average molecular weight is 263 g/mol. The summed E-state index contributed by atoms with van der Waals surface area (Å²) in [6, 6.07) is 7.80. The van der Waals surface area contributed by atoms with Gasteiger partial charge in [0.1, 0.15) is 5.58 Å². The van der Waals surface area contributed by atoms with E-state index in [0.29, 0.717) is 18.9 Å². The van der Waals surface area contributed by atoms with Gasteiger partial charge in [-0.3, -0.25) is 0 Å². The molecule has 104 valence electrons. The molecule has 0 aliphatic rings. The lowest BCUT2D eigenvalue weighted by Crippen LogP contribution is -2.02. The molecule has 0 amide bonds. The molecule has 1 aromatic carbocycles. The van der Waals surface area contributed by atoms with E-state index in [4.69, 9.17) is 20.0 Å². The van der Waals surface area contributed by atoms with E-state index in [0.717, 1.165) is 42.4 Å². The standard InChI is InChI=1S/C15H21NO3/c16-11-14-15(18-10-6-2-1-5-9-17)12-7-3-4-8-13(12)19-14/h3-4,7-8,17H,1-2,5-6,9-11,16H2. The number of nitrogens with two attached hydrogens (primary N) is 1. The third kappa shape index (κ3) is 3.49. The van der Waals surface area contributed by atoms with Crippen molar-refractivity contribution in [2.24, 2.45) is 5.73 Å². The zero-order chi connectivity index (χ0) is 13.5. The molecule has 3 N–H and O–H groups in total. The molecule has 0 fully saturated rings. The summed E-state index contributed by atoms with van der Waals surface area (Å²) in [6.07, 6.45) is 3.94. The third-order valence-corrected chi connectivity index (χ3v) is 3.10. The van der Waals surface area contributed by atoms with Crippen LogP contribution in [0.2, 0.25) is 0 Å². The van der Waals surface area contributed by atoms with Gasteiger partial charge in [-0.05, 0) is 31.4 Å². The smallest absolute Gasteiger partial charge is 0.169 e. The van der Waals surface area contributed by atoms with Crippen LogP contribution in [0.15, 0.2) is 28.7 Å². The minimum Gasteiger partial charge on any atom is -0.489 e. The van der Waals surface area contributed by atoms with Crippen LogP contribution in [0.3, 0.4) is 0 Å². The van der Waals surface area contributed by atoms with Gasteiger partial charge in [0.15, 0.2) is 11.5 Å². The van der Waals surface area contributed by atoms with Gasteiger partial charge in [-0.25, -0.2) is 0 Å². The van der Waals surface area contributed by atoms with Gasteiger partial charge in [-0.15, -0.1) is 0 Å². The summed E-state index contributed by atoms with van der Waals surface area (Å²) in [5.41, 5.74) is 6.50. The van der Waals surface area contributed by atoms with Gasteiger partial charge < -0.3 is 20.0 Å². The Hall–Kier alpha value is -1.52. The molecule has 4 nitrogen and oxygen atoms in total. The largest absolute Gasteiger partial charge is 0.489 e. The highest BCUT2D eigenvalue weighted by atomic mass is 16.5. The molecule has 19 heavy (non-hydrogen) atoms. The zero-order valence-corrected chi connectivity index (χ0v) is 11.1. The van der Waals surface area contributed by atoms with Crippen LogP contribution >= 0.6 is 0 Å². The molecular weight excluding hydrogens is 242 g/mol. The van der Waals surface area contributed by atoms with Gasteiger partial charge in [-0.2, -0.15) is 0 Å². The molecule has 0 saturated heterocycles. The Labute approximate surface area is 113 Å². The Morgan fingerprint density at radius 1 is 1.11 bits per heavy atom. The van der Waals surface area contributed by atoms with E-state index in [1.807, 2.05) is 24.3 Å². The minimum absolute atomic E-state index is 0.268. The maximum Gasteiger partial charge on any atom is 0.169 e. The Bertz CT molecular complexity index is 507. The molecule has 0 spiro atoms. The summed E-state index contributed by atoms with van der Waals surface area (Å²) in [6.45, 7) is 1.26. The summed E-state index contributed by atoms with van der Waals surface area (Å²) in [5.74, 6) is 1.48. The molecular formula is C15H21NO3. The van der Waals surface area contributed by atoms with Crippen molar-refractivity contribution in [1.82, 2.24) is 0 Å². The number of hydrogen-bond donors (Lipinski definition) is 2. The number of hydrogen-bond acceptors (Lipinski definition) is 4. The van der Waals surface area contributed by atoms with E-state index >= 15 is 0 Å². The lowest BCUT2D eigenvalue weighted by atomic mass is 10.2. The number of fused-ring (bicyclic) bond motifs is 1. The molecule has 1 aromatic heterocycles. The van der Waals surface area contributed by atoms with Crippen LogP contribution in [0.5, 0.6) is 5.75 Å². The minimum atomic E-state index is 0.268. The van der Waals surface area contributed by atoms with Gasteiger partial charge in [-0.1, -0.05) is 18.6 Å². The highest BCUT2D eigenvalue weighted by Gasteiger charge is 2.13. The topological polar surface area (TPSA) is 68.6 Å². The fourth-order valence-corrected chi connectivity index (χ4v) is 2.11. The summed E-state index contributed by atoms with van der Waals surface area (Å²) < 4.78 is 11.5. The number of aliphatic hydroxyl groups is 1. The second-order valence-corrected chi connectivity index (χ2v) is 4.54. The number of rotatable bonds is 8. The number of aliphatic hydroxyl groups excluding tert-OH is 1. The molecule has 1 heterocycles. The summed E-state index contributed by atoms with van der Waals surface area (Å²) in [7, 11) is 0. The Morgan fingerprint density at radius 3 is 2.68 bits per heavy atom. The van der Waals surface area contributed by atoms with E-state index < -0.39 is 0 Å². The maximum absolute atomic E-state index is 8.70. The van der Waals surface area contributed by atoms with Crippen molar-refractivity contribution in [2.45, 2.75) is 32.2 Å². The van der Waals surface area contributed by atoms with Crippen molar-refractivity contribution in [1.29, 1.82) is 0 Å². The van der Waals surface area contributed by atoms with Crippen molar-refractivity contribution in [2.75, 3.05) is 13.2 Å². The molecule has 0 atom stereocenters. The number of unbranched alkanes of at least 4 members (excludes halogenated alkanes) is 3. The summed E-state index contributed by atoms with van der Waals surface area (Å²) in [4.78, 5) is 0. The molecule has 0 bridgehead atoms. The predicted octanol–water partition coefficient (Wildman–Crippen LogP) is 2.82. The first-order valence-corrected chi connectivity index (χ1v) is 6.81. The van der Waals surface area contributed by atoms with Crippen molar-refractivity contribution in [3.05, 3.63) is 30.0 Å². The van der Waals surface area contributed by atoms with Gasteiger partial charge in [0.05, 0.1) is 18.5 Å². The highest BCUT2D eigenvalue weighted by Crippen LogP contribution is 2.32. The fourth-order valence-electron chi connectivity index (χ4n) is 2.11. The first-order valence-electron chi connectivity index (χ1n) is 6.81. The van der Waals surface area contributed by atoms with Gasteiger partial charge in [0.2, 0.25) is 0 Å². The number of furan rings is 1. The van der Waals surface area contributed by atoms with Crippen LogP contribution in [0.4, 0.5) is 0 Å².